The van der Waals surface area contributed by atoms with E-state index in [1.807, 2.05) is 0 Å². The molecule has 0 spiro atoms. The number of phenols is 1. The van der Waals surface area contributed by atoms with E-state index in [9.17, 15) is 19.8 Å². The summed E-state index contributed by atoms with van der Waals surface area (Å²) in [5.41, 5.74) is 1.89. The molecule has 1 aliphatic carbocycles. The van der Waals surface area contributed by atoms with Crippen LogP contribution in [0.4, 0.5) is 5.69 Å². The van der Waals surface area contributed by atoms with E-state index in [0.717, 1.165) is 19.3 Å². The van der Waals surface area contributed by atoms with E-state index in [4.69, 9.17) is 0 Å². The number of quaternary nitrogens is 1. The lowest BCUT2D eigenvalue weighted by molar-refractivity contribution is -0.682. The molecule has 0 saturated carbocycles. The molecule has 130 valence electrons. The summed E-state index contributed by atoms with van der Waals surface area (Å²) in [7, 11) is 0. The van der Waals surface area contributed by atoms with Crippen LogP contribution in [-0.4, -0.2) is 29.6 Å². The molecular weight excluding hydrogens is 308 g/mol. The number of nitrogens with two attached hydrogens (primary N) is 1. The number of hydrogen-bond donors (Lipinski definition) is 3. The minimum atomic E-state index is -1.23. The smallest absolute Gasteiger partial charge is 0.230 e. The van der Waals surface area contributed by atoms with Gasteiger partial charge in [0.15, 0.2) is 0 Å². The van der Waals surface area contributed by atoms with Crippen LogP contribution in [0.5, 0.6) is 5.75 Å². The number of anilines is 1. The van der Waals surface area contributed by atoms with Gasteiger partial charge in [-0.15, -0.1) is 0 Å². The van der Waals surface area contributed by atoms with E-state index in [1.165, 1.54) is 30.5 Å². The highest BCUT2D eigenvalue weighted by atomic mass is 16.4. The van der Waals surface area contributed by atoms with Gasteiger partial charge in [-0.05, 0) is 49.9 Å². The summed E-state index contributed by atoms with van der Waals surface area (Å²) in [5.74, 6) is -1.51. The monoisotopic (exact) mass is 332 g/mol. The number of carboxylic acids is 1. The number of allylic oxidation sites excluding steroid dienone is 1. The Kier molecular flexibility index (Phi) is 6.81. The third-order valence-corrected chi connectivity index (χ3v) is 4.16. The Bertz CT molecular complexity index is 596. The number of hydrogen-bond acceptors (Lipinski definition) is 4. The maximum absolute atomic E-state index is 12.0. The van der Waals surface area contributed by atoms with Crippen molar-refractivity contribution < 1.29 is 25.1 Å². The van der Waals surface area contributed by atoms with Crippen LogP contribution in [0.1, 0.15) is 38.5 Å². The lowest BCUT2D eigenvalue weighted by Gasteiger charge is -2.18. The number of benzene rings is 1. The first-order valence-corrected chi connectivity index (χ1v) is 8.35. The predicted molar refractivity (Wildman–Crippen MR) is 88.1 cm³/mol. The van der Waals surface area contributed by atoms with Gasteiger partial charge in [0.25, 0.3) is 0 Å². The fourth-order valence-electron chi connectivity index (χ4n) is 2.82. The number of aromatic hydroxyl groups is 1. The second-order valence-electron chi connectivity index (χ2n) is 6.11. The second-order valence-corrected chi connectivity index (χ2v) is 6.11. The maximum Gasteiger partial charge on any atom is 0.230 e. The molecule has 0 aromatic heterocycles. The zero-order valence-electron chi connectivity index (χ0n) is 13.7. The summed E-state index contributed by atoms with van der Waals surface area (Å²) < 4.78 is 0. The van der Waals surface area contributed by atoms with E-state index in [1.54, 1.807) is 17.4 Å². The van der Waals surface area contributed by atoms with Gasteiger partial charge < -0.3 is 25.6 Å². The van der Waals surface area contributed by atoms with Gasteiger partial charge in [0.05, 0.1) is 18.9 Å². The highest BCUT2D eigenvalue weighted by Gasteiger charge is 2.18. The molecule has 1 atom stereocenters. The number of carbonyl (C=O) groups excluding carboxylic acids is 2. The Morgan fingerprint density at radius 2 is 2.00 bits per heavy atom. The van der Waals surface area contributed by atoms with Crippen LogP contribution in [0.25, 0.3) is 0 Å². The minimum absolute atomic E-state index is 0.103. The first kappa shape index (κ1) is 18.0. The summed E-state index contributed by atoms with van der Waals surface area (Å²) in [5, 5.41) is 24.7. The molecule has 6 heteroatoms. The number of rotatable bonds is 8. The van der Waals surface area contributed by atoms with Crippen molar-refractivity contribution in [1.82, 2.24) is 0 Å². The lowest BCUT2D eigenvalue weighted by Crippen LogP contribution is -2.93. The topological polar surface area (TPSA) is 106 Å². The van der Waals surface area contributed by atoms with E-state index in [0.29, 0.717) is 12.2 Å². The van der Waals surface area contributed by atoms with Gasteiger partial charge >= 0.3 is 0 Å². The van der Waals surface area contributed by atoms with Crippen molar-refractivity contribution in [1.29, 1.82) is 0 Å². The van der Waals surface area contributed by atoms with Crippen LogP contribution in [0.2, 0.25) is 0 Å². The minimum Gasteiger partial charge on any atom is -0.544 e. The molecule has 0 bridgehead atoms. The molecule has 0 heterocycles. The lowest BCUT2D eigenvalue weighted by atomic mass is 9.97. The van der Waals surface area contributed by atoms with Crippen LogP contribution < -0.4 is 15.7 Å². The van der Waals surface area contributed by atoms with Crippen molar-refractivity contribution in [3.8, 4) is 5.75 Å². The molecule has 0 aliphatic heterocycles. The Balaban J connectivity index is 1.79. The zero-order valence-corrected chi connectivity index (χ0v) is 13.7. The highest BCUT2D eigenvalue weighted by molar-refractivity contribution is 5.93. The average Bonchev–Trinajstić information content (AvgIpc) is 2.57. The molecule has 1 aliphatic rings. The number of carbonyl (C=O) groups is 2. The molecule has 4 N–H and O–H groups in total. The van der Waals surface area contributed by atoms with E-state index < -0.39 is 12.0 Å². The van der Waals surface area contributed by atoms with Crippen molar-refractivity contribution in [3.63, 3.8) is 0 Å². The molecule has 24 heavy (non-hydrogen) atoms. The summed E-state index contributed by atoms with van der Waals surface area (Å²) in [6.45, 7) is 0.636. The van der Waals surface area contributed by atoms with E-state index in [2.05, 4.69) is 11.4 Å². The van der Waals surface area contributed by atoms with Crippen molar-refractivity contribution >= 4 is 17.6 Å². The van der Waals surface area contributed by atoms with Gasteiger partial charge in [-0.25, -0.2) is 0 Å². The Labute approximate surface area is 141 Å². The SMILES string of the molecule is O=C(C[C@H]([NH2+]CCC1=CCCCC1)C(=O)[O-])Nc1ccc(O)cc1. The van der Waals surface area contributed by atoms with Gasteiger partial charge in [-0.1, -0.05) is 11.6 Å². The fraction of sp³-hybridized carbons (Fsp3) is 0.444. The Hall–Kier alpha value is -2.34. The van der Waals surface area contributed by atoms with Gasteiger partial charge in [0, 0.05) is 12.1 Å². The molecule has 1 aromatic carbocycles. The van der Waals surface area contributed by atoms with Crippen LogP contribution in [0.15, 0.2) is 35.9 Å². The normalized spacial score (nSPS) is 15.4. The van der Waals surface area contributed by atoms with Crippen LogP contribution >= 0.6 is 0 Å². The largest absolute Gasteiger partial charge is 0.544 e. The third kappa shape index (κ3) is 6.04. The van der Waals surface area contributed by atoms with E-state index in [-0.39, 0.29) is 18.1 Å². The van der Waals surface area contributed by atoms with Crippen LogP contribution in [-0.2, 0) is 9.59 Å². The van der Waals surface area contributed by atoms with Crippen molar-refractivity contribution in [2.45, 2.75) is 44.6 Å². The molecular formula is C18H24N2O4. The Morgan fingerprint density at radius 3 is 2.62 bits per heavy atom. The highest BCUT2D eigenvalue weighted by Crippen LogP contribution is 2.19. The second kappa shape index (κ2) is 9.08. The van der Waals surface area contributed by atoms with Crippen molar-refractivity contribution in [2.24, 2.45) is 0 Å². The summed E-state index contributed by atoms with van der Waals surface area (Å²) in [4.78, 5) is 23.2. The summed E-state index contributed by atoms with van der Waals surface area (Å²) >= 11 is 0. The maximum atomic E-state index is 12.0. The first-order valence-electron chi connectivity index (χ1n) is 8.35. The van der Waals surface area contributed by atoms with Crippen LogP contribution in [0, 0.1) is 0 Å². The van der Waals surface area contributed by atoms with Crippen molar-refractivity contribution in [3.05, 3.63) is 35.9 Å². The predicted octanol–water partition coefficient (Wildman–Crippen LogP) is 0.293. The van der Waals surface area contributed by atoms with Gasteiger partial charge in [-0.2, -0.15) is 0 Å². The average molecular weight is 332 g/mol. The van der Waals surface area contributed by atoms with Gasteiger partial charge in [0.2, 0.25) is 5.91 Å². The van der Waals surface area contributed by atoms with E-state index >= 15 is 0 Å². The quantitative estimate of drug-likeness (QED) is 0.470. The molecule has 0 unspecified atom stereocenters. The number of carboxylic acid groups (broad SMARTS) is 1. The first-order chi connectivity index (χ1) is 11.5. The molecule has 1 amide bonds. The summed E-state index contributed by atoms with van der Waals surface area (Å²) in [6.07, 6.45) is 7.56. The number of phenolic OH excluding ortho intramolecular Hbond substituents is 1. The van der Waals surface area contributed by atoms with Gasteiger partial charge in [-0.3, -0.25) is 4.79 Å². The van der Waals surface area contributed by atoms with Crippen molar-refractivity contribution in [2.75, 3.05) is 11.9 Å². The fourth-order valence-corrected chi connectivity index (χ4v) is 2.82. The molecule has 0 radical (unpaired) electrons. The number of amides is 1. The molecule has 0 saturated heterocycles. The summed E-state index contributed by atoms with van der Waals surface area (Å²) in [6, 6.07) is 5.12. The molecule has 0 fully saturated rings. The molecule has 6 nitrogen and oxygen atoms in total. The third-order valence-electron chi connectivity index (χ3n) is 4.16. The number of nitrogens with one attached hydrogen (secondary N) is 1. The zero-order chi connectivity index (χ0) is 17.4. The standard InChI is InChI=1S/C18H24N2O4/c21-15-8-6-14(7-9-15)20-17(22)12-16(18(23)24)19-11-10-13-4-2-1-3-5-13/h4,6-9,16,19,21H,1-3,5,10-12H2,(H,20,22)(H,23,24)/t16-/m0/s1. The molecule has 1 aromatic rings. The van der Waals surface area contributed by atoms with Gasteiger partial charge in [0.1, 0.15) is 11.8 Å². The van der Waals surface area contributed by atoms with Crippen LogP contribution in [0.3, 0.4) is 0 Å². The number of aliphatic carboxylic acids is 1. The molecule has 2 rings (SSSR count). The Morgan fingerprint density at radius 1 is 1.25 bits per heavy atom.